The van der Waals surface area contributed by atoms with E-state index < -0.39 is 6.29 Å². The van der Waals surface area contributed by atoms with Crippen LogP contribution in [0, 0.1) is 5.92 Å². The fourth-order valence-corrected chi connectivity index (χ4v) is 4.33. The van der Waals surface area contributed by atoms with Gasteiger partial charge in [0.2, 0.25) is 13.1 Å². The molecule has 3 aliphatic rings. The summed E-state index contributed by atoms with van der Waals surface area (Å²) in [7, 11) is 0. The number of hydrogen-bond acceptors (Lipinski definition) is 6. The highest BCUT2D eigenvalue weighted by molar-refractivity contribution is 5.92. The number of carbonyl (C=O) groups excluding carboxylic acids is 1. The molecule has 3 atom stereocenters. The minimum Gasteiger partial charge on any atom is -0.459 e. The molecule has 0 aliphatic carbocycles. The van der Waals surface area contributed by atoms with Crippen LogP contribution in [-0.4, -0.2) is 55.3 Å². The highest BCUT2D eigenvalue weighted by Gasteiger charge is 2.39. The monoisotopic (exact) mass is 403 g/mol. The molecule has 0 spiro atoms. The molecule has 3 heterocycles. The number of benzene rings is 1. The molecular weight excluding hydrogens is 374 g/mol. The lowest BCUT2D eigenvalue weighted by Gasteiger charge is -2.37. The molecule has 0 unspecified atom stereocenters. The lowest BCUT2D eigenvalue weighted by Crippen LogP contribution is -2.39. The van der Waals surface area contributed by atoms with Gasteiger partial charge in [0.1, 0.15) is 0 Å². The van der Waals surface area contributed by atoms with Gasteiger partial charge in [0.15, 0.2) is 17.3 Å². The number of fused-ring (bicyclic) bond motifs is 1. The average Bonchev–Trinajstić information content (AvgIpc) is 3.43. The predicted molar refractivity (Wildman–Crippen MR) is 106 cm³/mol. The Kier molecular flexibility index (Phi) is 6.25. The number of allylic oxidation sites excluding steroid dienone is 1. The normalized spacial score (nSPS) is 25.7. The number of likely N-dealkylation sites (tertiary alicyclic amines) is 1. The summed E-state index contributed by atoms with van der Waals surface area (Å²) in [6.07, 6.45) is 4.81. The number of amides is 1. The van der Waals surface area contributed by atoms with E-state index in [4.69, 9.17) is 18.9 Å². The maximum Gasteiger partial charge on any atom is 0.288 e. The van der Waals surface area contributed by atoms with Gasteiger partial charge in [-0.25, -0.2) is 0 Å². The van der Waals surface area contributed by atoms with Crippen molar-refractivity contribution in [3.63, 3.8) is 0 Å². The highest BCUT2D eigenvalue weighted by atomic mass is 16.7. The van der Waals surface area contributed by atoms with Crippen molar-refractivity contribution >= 4 is 5.91 Å². The van der Waals surface area contributed by atoms with Crippen molar-refractivity contribution in [3.8, 4) is 11.5 Å². The molecule has 0 radical (unpaired) electrons. The van der Waals surface area contributed by atoms with E-state index in [0.29, 0.717) is 24.5 Å². The number of nitrogens with zero attached hydrogens (tertiary/aromatic N) is 1. The standard InChI is InChI=1S/C22H29NO6/c1-2-26-22-16(6-5-11-24)17(15-7-8-18-19(12-15)28-14-27-18)13-20(29-22)21(25)23-9-3-4-10-23/h7-8,12-13,16-17,22,24H,2-6,9-11,14H2,1H3/t16-,17-,22-/m0/s1. The average molecular weight is 403 g/mol. The van der Waals surface area contributed by atoms with Gasteiger partial charge in [-0.2, -0.15) is 0 Å². The lowest BCUT2D eigenvalue weighted by atomic mass is 9.80. The zero-order valence-electron chi connectivity index (χ0n) is 16.8. The number of ether oxygens (including phenoxy) is 4. The zero-order chi connectivity index (χ0) is 20.2. The zero-order valence-corrected chi connectivity index (χ0v) is 16.8. The van der Waals surface area contributed by atoms with Crippen LogP contribution in [0.15, 0.2) is 30.0 Å². The summed E-state index contributed by atoms with van der Waals surface area (Å²) in [4.78, 5) is 14.9. The molecule has 1 aromatic carbocycles. The number of hydrogen-bond donors (Lipinski definition) is 1. The van der Waals surface area contributed by atoms with Crippen LogP contribution in [0.3, 0.4) is 0 Å². The predicted octanol–water partition coefficient (Wildman–Crippen LogP) is 2.79. The second-order valence-electron chi connectivity index (χ2n) is 7.64. The summed E-state index contributed by atoms with van der Waals surface area (Å²) in [5.74, 6) is 1.63. The first-order valence-electron chi connectivity index (χ1n) is 10.5. The van der Waals surface area contributed by atoms with Gasteiger partial charge in [0.05, 0.1) is 0 Å². The number of aliphatic hydroxyl groups is 1. The fourth-order valence-electron chi connectivity index (χ4n) is 4.33. The molecular formula is C22H29NO6. The summed E-state index contributed by atoms with van der Waals surface area (Å²) < 4.78 is 23.0. The highest BCUT2D eigenvalue weighted by Crippen LogP contribution is 2.43. The van der Waals surface area contributed by atoms with Crippen LogP contribution in [0.1, 0.15) is 44.1 Å². The van der Waals surface area contributed by atoms with Crippen molar-refractivity contribution in [1.29, 1.82) is 0 Å². The van der Waals surface area contributed by atoms with Crippen LogP contribution >= 0.6 is 0 Å². The van der Waals surface area contributed by atoms with E-state index in [1.807, 2.05) is 36.1 Å². The van der Waals surface area contributed by atoms with Gasteiger partial charge >= 0.3 is 0 Å². The van der Waals surface area contributed by atoms with E-state index >= 15 is 0 Å². The molecule has 4 rings (SSSR count). The molecule has 7 heteroatoms. The molecule has 1 fully saturated rings. The van der Waals surface area contributed by atoms with Crippen molar-refractivity contribution in [2.24, 2.45) is 5.92 Å². The van der Waals surface area contributed by atoms with Gasteiger partial charge in [-0.15, -0.1) is 0 Å². The number of carbonyl (C=O) groups is 1. The topological polar surface area (TPSA) is 77.5 Å². The summed E-state index contributed by atoms with van der Waals surface area (Å²) >= 11 is 0. The van der Waals surface area contributed by atoms with Crippen molar-refractivity contribution < 1.29 is 28.8 Å². The van der Waals surface area contributed by atoms with E-state index in [1.165, 1.54) is 0 Å². The van der Waals surface area contributed by atoms with E-state index in [9.17, 15) is 9.90 Å². The Morgan fingerprint density at radius 2 is 2.03 bits per heavy atom. The Hall–Kier alpha value is -2.25. The van der Waals surface area contributed by atoms with Crippen LogP contribution in [0.4, 0.5) is 0 Å². The third-order valence-electron chi connectivity index (χ3n) is 5.80. The Morgan fingerprint density at radius 1 is 1.24 bits per heavy atom. The fraction of sp³-hybridized carbons (Fsp3) is 0.591. The Balaban J connectivity index is 1.68. The third kappa shape index (κ3) is 4.21. The smallest absolute Gasteiger partial charge is 0.288 e. The van der Waals surface area contributed by atoms with Gasteiger partial charge in [-0.1, -0.05) is 6.07 Å². The molecule has 3 aliphatic heterocycles. The minimum absolute atomic E-state index is 0.0161. The summed E-state index contributed by atoms with van der Waals surface area (Å²) in [5.41, 5.74) is 1.02. The molecule has 158 valence electrons. The maximum atomic E-state index is 13.0. The lowest BCUT2D eigenvalue weighted by molar-refractivity contribution is -0.170. The van der Waals surface area contributed by atoms with Crippen molar-refractivity contribution in [3.05, 3.63) is 35.6 Å². The molecule has 1 saturated heterocycles. The third-order valence-corrected chi connectivity index (χ3v) is 5.80. The van der Waals surface area contributed by atoms with E-state index in [0.717, 1.165) is 43.7 Å². The Morgan fingerprint density at radius 3 is 2.79 bits per heavy atom. The van der Waals surface area contributed by atoms with Crippen molar-refractivity contribution in [1.82, 2.24) is 4.90 Å². The molecule has 1 aromatic rings. The van der Waals surface area contributed by atoms with E-state index in [1.54, 1.807) is 0 Å². The number of aliphatic hydroxyl groups excluding tert-OH is 1. The van der Waals surface area contributed by atoms with Gasteiger partial charge in [0.25, 0.3) is 5.91 Å². The quantitative estimate of drug-likeness (QED) is 0.754. The van der Waals surface area contributed by atoms with Gasteiger partial charge in [-0.3, -0.25) is 4.79 Å². The number of rotatable bonds is 7. The Bertz CT molecular complexity index is 758. The molecule has 29 heavy (non-hydrogen) atoms. The van der Waals surface area contributed by atoms with Gasteiger partial charge < -0.3 is 29.0 Å². The first-order valence-corrected chi connectivity index (χ1v) is 10.5. The van der Waals surface area contributed by atoms with Crippen LogP contribution in [0.5, 0.6) is 11.5 Å². The summed E-state index contributed by atoms with van der Waals surface area (Å²) in [6.45, 7) is 4.26. The van der Waals surface area contributed by atoms with Crippen LogP contribution in [0.2, 0.25) is 0 Å². The molecule has 0 bridgehead atoms. The maximum absolute atomic E-state index is 13.0. The van der Waals surface area contributed by atoms with E-state index in [-0.39, 0.29) is 31.1 Å². The molecule has 1 N–H and O–H groups in total. The Labute approximate surface area is 171 Å². The molecule has 1 amide bonds. The first-order chi connectivity index (χ1) is 14.2. The summed E-state index contributed by atoms with van der Waals surface area (Å²) in [5, 5.41) is 9.39. The second kappa shape index (κ2) is 9.05. The molecule has 0 saturated carbocycles. The summed E-state index contributed by atoms with van der Waals surface area (Å²) in [6, 6.07) is 5.89. The van der Waals surface area contributed by atoms with Crippen LogP contribution < -0.4 is 9.47 Å². The van der Waals surface area contributed by atoms with Crippen molar-refractivity contribution in [2.45, 2.75) is 44.8 Å². The van der Waals surface area contributed by atoms with Crippen molar-refractivity contribution in [2.75, 3.05) is 33.1 Å². The van der Waals surface area contributed by atoms with Crippen LogP contribution in [-0.2, 0) is 14.3 Å². The first kappa shape index (κ1) is 20.0. The minimum atomic E-state index is -0.534. The molecule has 0 aromatic heterocycles. The largest absolute Gasteiger partial charge is 0.459 e. The second-order valence-corrected chi connectivity index (χ2v) is 7.64. The van der Waals surface area contributed by atoms with Crippen LogP contribution in [0.25, 0.3) is 0 Å². The van der Waals surface area contributed by atoms with Gasteiger partial charge in [0, 0.05) is 38.1 Å². The molecule has 7 nitrogen and oxygen atoms in total. The van der Waals surface area contributed by atoms with E-state index in [2.05, 4.69) is 0 Å². The van der Waals surface area contributed by atoms with Gasteiger partial charge in [-0.05, 0) is 56.4 Å². The SMILES string of the molecule is CCO[C@H]1OC(C(=O)N2CCCC2)=C[C@@H](c2ccc3c(c2)OCO3)[C@@H]1CCCO.